The van der Waals surface area contributed by atoms with E-state index in [0.29, 0.717) is 30.0 Å². The summed E-state index contributed by atoms with van der Waals surface area (Å²) < 4.78 is 1.95. The molecule has 0 spiro atoms. The number of benzene rings is 2. The van der Waals surface area contributed by atoms with Crippen LogP contribution >= 0.6 is 0 Å². The van der Waals surface area contributed by atoms with Crippen LogP contribution in [0.3, 0.4) is 0 Å². The molecule has 28 heavy (non-hydrogen) atoms. The van der Waals surface area contributed by atoms with Gasteiger partial charge in [-0.15, -0.1) is 0 Å². The van der Waals surface area contributed by atoms with E-state index in [1.165, 1.54) is 12.8 Å². The van der Waals surface area contributed by atoms with E-state index < -0.39 is 0 Å². The Morgan fingerprint density at radius 2 is 1.82 bits per heavy atom. The molecule has 2 heterocycles. The van der Waals surface area contributed by atoms with Crippen molar-refractivity contribution in [3.05, 3.63) is 59.9 Å². The van der Waals surface area contributed by atoms with E-state index in [-0.39, 0.29) is 17.9 Å². The van der Waals surface area contributed by atoms with Gasteiger partial charge in [-0.1, -0.05) is 31.0 Å². The van der Waals surface area contributed by atoms with Crippen LogP contribution in [-0.2, 0) is 6.54 Å². The predicted molar refractivity (Wildman–Crippen MR) is 108 cm³/mol. The molecule has 0 bridgehead atoms. The maximum atomic E-state index is 13.0. The molecule has 0 saturated heterocycles. The minimum atomic E-state index is -0.106. The minimum absolute atomic E-state index is 0.0583. The Bertz CT molecular complexity index is 1050. The molecular formula is C22H22N4O2. The summed E-state index contributed by atoms with van der Waals surface area (Å²) in [6.45, 7) is 1.28. The number of nitrogens with zero attached hydrogens (tertiary/aromatic N) is 3. The lowest BCUT2D eigenvalue weighted by Gasteiger charge is -2.27. The van der Waals surface area contributed by atoms with Crippen molar-refractivity contribution >= 4 is 28.5 Å². The van der Waals surface area contributed by atoms with Crippen molar-refractivity contribution in [2.75, 3.05) is 11.4 Å². The average molecular weight is 374 g/mol. The van der Waals surface area contributed by atoms with Crippen LogP contribution in [0.25, 0.3) is 11.0 Å². The first-order chi connectivity index (χ1) is 13.7. The Hall–Kier alpha value is -3.15. The Morgan fingerprint density at radius 1 is 1.04 bits per heavy atom. The first kappa shape index (κ1) is 17.0. The van der Waals surface area contributed by atoms with Crippen LogP contribution < -0.4 is 10.2 Å². The number of hydrogen-bond acceptors (Lipinski definition) is 3. The van der Waals surface area contributed by atoms with E-state index in [1.54, 1.807) is 11.0 Å². The minimum Gasteiger partial charge on any atom is -0.349 e. The molecular weight excluding hydrogens is 352 g/mol. The zero-order chi connectivity index (χ0) is 19.1. The molecule has 2 amide bonds. The van der Waals surface area contributed by atoms with Crippen molar-refractivity contribution in [2.24, 2.45) is 0 Å². The van der Waals surface area contributed by atoms with E-state index in [1.807, 2.05) is 47.0 Å². The Balaban J connectivity index is 1.45. The van der Waals surface area contributed by atoms with Gasteiger partial charge in [0, 0.05) is 30.4 Å². The quantitative estimate of drug-likeness (QED) is 0.764. The van der Waals surface area contributed by atoms with Crippen LogP contribution in [-0.4, -0.2) is 34.0 Å². The van der Waals surface area contributed by atoms with Gasteiger partial charge >= 0.3 is 0 Å². The molecule has 0 unspecified atom stereocenters. The van der Waals surface area contributed by atoms with Gasteiger partial charge in [0.25, 0.3) is 11.8 Å². The highest BCUT2D eigenvalue weighted by molar-refractivity contribution is 6.07. The average Bonchev–Trinajstić information content (AvgIpc) is 3.36. The molecule has 1 aliphatic heterocycles. The van der Waals surface area contributed by atoms with E-state index in [9.17, 15) is 9.59 Å². The number of fused-ring (bicyclic) bond motifs is 3. The summed E-state index contributed by atoms with van der Waals surface area (Å²) in [6.07, 6.45) is 4.46. The van der Waals surface area contributed by atoms with E-state index in [4.69, 9.17) is 0 Å². The number of nitrogens with one attached hydrogen (secondary N) is 1. The zero-order valence-electron chi connectivity index (χ0n) is 15.6. The third-order valence-electron chi connectivity index (χ3n) is 5.75. The van der Waals surface area contributed by atoms with Crippen molar-refractivity contribution < 1.29 is 9.59 Å². The molecule has 2 aromatic carbocycles. The van der Waals surface area contributed by atoms with Crippen LogP contribution in [0.2, 0.25) is 0 Å². The molecule has 1 aliphatic carbocycles. The molecule has 6 nitrogen and oxygen atoms in total. The van der Waals surface area contributed by atoms with Crippen molar-refractivity contribution in [2.45, 2.75) is 38.3 Å². The number of hydrogen-bond donors (Lipinski definition) is 1. The molecule has 0 atom stereocenters. The summed E-state index contributed by atoms with van der Waals surface area (Å²) in [5.74, 6) is 0.265. The largest absolute Gasteiger partial charge is 0.349 e. The second-order valence-corrected chi connectivity index (χ2v) is 7.54. The Kier molecular flexibility index (Phi) is 4.11. The second-order valence-electron chi connectivity index (χ2n) is 7.54. The lowest BCUT2D eigenvalue weighted by molar-refractivity contribution is 0.0935. The molecule has 1 fully saturated rings. The number of aromatic nitrogens is 2. The number of rotatable bonds is 3. The van der Waals surface area contributed by atoms with Crippen molar-refractivity contribution in [3.8, 4) is 0 Å². The monoisotopic (exact) mass is 374 g/mol. The van der Waals surface area contributed by atoms with Crippen LogP contribution in [0.4, 0.5) is 5.69 Å². The van der Waals surface area contributed by atoms with E-state index in [0.717, 1.165) is 24.0 Å². The maximum absolute atomic E-state index is 13.0. The Morgan fingerprint density at radius 3 is 2.61 bits per heavy atom. The van der Waals surface area contributed by atoms with Gasteiger partial charge in [-0.3, -0.25) is 9.59 Å². The summed E-state index contributed by atoms with van der Waals surface area (Å²) in [6, 6.07) is 15.5. The number of anilines is 1. The SMILES string of the molecule is O=C(NC1CCCC1)c1ccc2c(c1)nc1n2CCN(c2ccccc2)C1=O. The second kappa shape index (κ2) is 6.78. The summed E-state index contributed by atoms with van der Waals surface area (Å²) in [4.78, 5) is 31.9. The lowest BCUT2D eigenvalue weighted by atomic mass is 10.1. The fourth-order valence-electron chi connectivity index (χ4n) is 4.28. The Labute approximate surface area is 163 Å². The molecule has 1 N–H and O–H groups in total. The molecule has 142 valence electrons. The lowest BCUT2D eigenvalue weighted by Crippen LogP contribution is -2.40. The van der Waals surface area contributed by atoms with Gasteiger partial charge in [0.2, 0.25) is 5.82 Å². The van der Waals surface area contributed by atoms with Gasteiger partial charge in [0.1, 0.15) is 0 Å². The number of amides is 2. The van der Waals surface area contributed by atoms with Gasteiger partial charge in [0.15, 0.2) is 0 Å². The van der Waals surface area contributed by atoms with Crippen LogP contribution in [0.15, 0.2) is 48.5 Å². The smallest absolute Gasteiger partial charge is 0.294 e. The molecule has 2 aliphatic rings. The molecule has 1 saturated carbocycles. The summed E-state index contributed by atoms with van der Waals surface area (Å²) in [7, 11) is 0. The topological polar surface area (TPSA) is 67.2 Å². The van der Waals surface area contributed by atoms with Gasteiger partial charge in [-0.05, 0) is 43.2 Å². The number of carbonyl (C=O) groups is 2. The van der Waals surface area contributed by atoms with E-state index in [2.05, 4.69) is 10.3 Å². The molecule has 5 rings (SSSR count). The highest BCUT2D eigenvalue weighted by atomic mass is 16.2. The van der Waals surface area contributed by atoms with Crippen LogP contribution in [0.1, 0.15) is 46.7 Å². The molecule has 1 aromatic heterocycles. The zero-order valence-corrected chi connectivity index (χ0v) is 15.6. The fourth-order valence-corrected chi connectivity index (χ4v) is 4.28. The van der Waals surface area contributed by atoms with Gasteiger partial charge in [0.05, 0.1) is 11.0 Å². The number of imidazole rings is 1. The van der Waals surface area contributed by atoms with Crippen molar-refractivity contribution in [1.82, 2.24) is 14.9 Å². The third-order valence-corrected chi connectivity index (χ3v) is 5.75. The molecule has 6 heteroatoms. The van der Waals surface area contributed by atoms with Gasteiger partial charge < -0.3 is 14.8 Å². The van der Waals surface area contributed by atoms with Gasteiger partial charge in [-0.25, -0.2) is 4.98 Å². The van der Waals surface area contributed by atoms with Crippen molar-refractivity contribution in [3.63, 3.8) is 0 Å². The number of para-hydroxylation sites is 1. The third kappa shape index (κ3) is 2.85. The normalized spacial score (nSPS) is 17.1. The molecule has 0 radical (unpaired) electrons. The van der Waals surface area contributed by atoms with Crippen LogP contribution in [0.5, 0.6) is 0 Å². The van der Waals surface area contributed by atoms with E-state index >= 15 is 0 Å². The first-order valence-corrected chi connectivity index (χ1v) is 9.89. The predicted octanol–water partition coefficient (Wildman–Crippen LogP) is 3.37. The number of carbonyl (C=O) groups excluding carboxylic acids is 2. The first-order valence-electron chi connectivity index (χ1n) is 9.89. The highest BCUT2D eigenvalue weighted by Crippen LogP contribution is 2.26. The maximum Gasteiger partial charge on any atom is 0.294 e. The highest BCUT2D eigenvalue weighted by Gasteiger charge is 2.29. The van der Waals surface area contributed by atoms with Crippen LogP contribution in [0, 0.1) is 0 Å². The standard InChI is InChI=1S/C22H22N4O2/c27-21(23-16-6-4-5-7-16)15-10-11-19-18(14-15)24-20-22(28)25(12-13-26(19)20)17-8-2-1-3-9-17/h1-3,8-11,14,16H,4-7,12-13H2,(H,23,27). The summed E-state index contributed by atoms with van der Waals surface area (Å²) in [5, 5.41) is 3.11. The fraction of sp³-hybridized carbons (Fsp3) is 0.318. The summed E-state index contributed by atoms with van der Waals surface area (Å²) in [5.41, 5.74) is 3.07. The molecule has 3 aromatic rings. The summed E-state index contributed by atoms with van der Waals surface area (Å²) >= 11 is 0. The van der Waals surface area contributed by atoms with Gasteiger partial charge in [-0.2, -0.15) is 0 Å². The van der Waals surface area contributed by atoms with Crippen molar-refractivity contribution in [1.29, 1.82) is 0 Å².